The Hall–Kier alpha value is -2.82. The third-order valence-electron chi connectivity index (χ3n) is 3.25. The highest BCUT2D eigenvalue weighted by molar-refractivity contribution is 5.92. The molecule has 2 N–H and O–H groups in total. The maximum absolute atomic E-state index is 11.8. The predicted octanol–water partition coefficient (Wildman–Crippen LogP) is 3.75. The zero-order chi connectivity index (χ0) is 16.1. The molecule has 1 amide bonds. The Labute approximate surface area is 128 Å². The number of nitrogens with one attached hydrogen (secondary N) is 1. The zero-order valence-electron chi connectivity index (χ0n) is 12.4. The summed E-state index contributed by atoms with van der Waals surface area (Å²) >= 11 is 0. The van der Waals surface area contributed by atoms with Gasteiger partial charge >= 0.3 is 12.1 Å². The molecule has 0 saturated carbocycles. The number of hydrogen-bond acceptors (Lipinski definition) is 3. The molecule has 114 valence electrons. The maximum Gasteiger partial charge on any atom is 0.411 e. The standard InChI is InChI=1S/C17H17NO4/c1-11-9-15(12(2)8-14(11)16(19)20)18-17(21)22-10-13-6-4-3-5-7-13/h3-9H,10H2,1-2H3,(H,18,21)(H,19,20). The number of aryl methyl sites for hydroxylation is 2. The number of carbonyl (C=O) groups excluding carboxylic acids is 1. The van der Waals surface area contributed by atoms with Gasteiger partial charge in [0.05, 0.1) is 5.56 Å². The van der Waals surface area contributed by atoms with Gasteiger partial charge in [-0.1, -0.05) is 30.3 Å². The van der Waals surface area contributed by atoms with Crippen molar-refractivity contribution in [3.63, 3.8) is 0 Å². The number of carboxylic acids is 1. The lowest BCUT2D eigenvalue weighted by molar-refractivity contribution is 0.0696. The minimum absolute atomic E-state index is 0.178. The fourth-order valence-electron chi connectivity index (χ4n) is 2.05. The molecular formula is C17H17NO4. The van der Waals surface area contributed by atoms with Crippen LogP contribution >= 0.6 is 0 Å². The van der Waals surface area contributed by atoms with Crippen molar-refractivity contribution in [3.8, 4) is 0 Å². The van der Waals surface area contributed by atoms with Gasteiger partial charge in [0, 0.05) is 5.69 Å². The molecule has 22 heavy (non-hydrogen) atoms. The Bertz CT molecular complexity index is 695. The normalized spacial score (nSPS) is 10.1. The summed E-state index contributed by atoms with van der Waals surface area (Å²) in [7, 11) is 0. The molecule has 2 aromatic rings. The molecule has 0 saturated heterocycles. The average Bonchev–Trinajstić information content (AvgIpc) is 2.49. The molecule has 0 aliphatic rings. The largest absolute Gasteiger partial charge is 0.478 e. The third-order valence-corrected chi connectivity index (χ3v) is 3.25. The highest BCUT2D eigenvalue weighted by atomic mass is 16.5. The van der Waals surface area contributed by atoms with E-state index in [0.29, 0.717) is 16.8 Å². The van der Waals surface area contributed by atoms with Gasteiger partial charge in [-0.25, -0.2) is 9.59 Å². The van der Waals surface area contributed by atoms with Gasteiger partial charge in [-0.05, 0) is 42.7 Å². The Morgan fingerprint density at radius 3 is 2.41 bits per heavy atom. The van der Waals surface area contributed by atoms with Crippen molar-refractivity contribution in [2.75, 3.05) is 5.32 Å². The summed E-state index contributed by atoms with van der Waals surface area (Å²) in [4.78, 5) is 22.9. The van der Waals surface area contributed by atoms with E-state index in [2.05, 4.69) is 5.32 Å². The second-order valence-electron chi connectivity index (χ2n) is 4.97. The number of carbonyl (C=O) groups is 2. The van der Waals surface area contributed by atoms with Crippen LogP contribution in [0.4, 0.5) is 10.5 Å². The third kappa shape index (κ3) is 3.85. The van der Waals surface area contributed by atoms with Gasteiger partial charge < -0.3 is 9.84 Å². The second-order valence-corrected chi connectivity index (χ2v) is 4.97. The minimum atomic E-state index is -0.987. The van der Waals surface area contributed by atoms with Crippen LogP contribution in [0.25, 0.3) is 0 Å². The number of ether oxygens (including phenoxy) is 1. The molecule has 0 unspecified atom stereocenters. The van der Waals surface area contributed by atoms with Crippen molar-refractivity contribution < 1.29 is 19.4 Å². The van der Waals surface area contributed by atoms with E-state index in [0.717, 1.165) is 5.56 Å². The second kappa shape index (κ2) is 6.76. The number of amides is 1. The lowest BCUT2D eigenvalue weighted by Gasteiger charge is -2.12. The van der Waals surface area contributed by atoms with E-state index < -0.39 is 12.1 Å². The Kier molecular flexibility index (Phi) is 4.78. The molecule has 0 heterocycles. The molecule has 2 aromatic carbocycles. The van der Waals surface area contributed by atoms with E-state index in [1.54, 1.807) is 19.9 Å². The Morgan fingerprint density at radius 1 is 1.09 bits per heavy atom. The molecule has 0 fully saturated rings. The van der Waals surface area contributed by atoms with Crippen LogP contribution in [0.2, 0.25) is 0 Å². The van der Waals surface area contributed by atoms with Gasteiger partial charge in [0.2, 0.25) is 0 Å². The van der Waals surface area contributed by atoms with Crippen molar-refractivity contribution in [2.24, 2.45) is 0 Å². The highest BCUT2D eigenvalue weighted by Crippen LogP contribution is 2.21. The number of benzene rings is 2. The van der Waals surface area contributed by atoms with Crippen molar-refractivity contribution in [1.29, 1.82) is 0 Å². The molecule has 5 heteroatoms. The van der Waals surface area contributed by atoms with Crippen molar-refractivity contribution in [2.45, 2.75) is 20.5 Å². The van der Waals surface area contributed by atoms with Gasteiger partial charge in [0.1, 0.15) is 6.61 Å². The molecule has 0 bridgehead atoms. The van der Waals surface area contributed by atoms with E-state index in [4.69, 9.17) is 9.84 Å². The summed E-state index contributed by atoms with van der Waals surface area (Å²) in [5, 5.41) is 11.7. The van der Waals surface area contributed by atoms with Gasteiger partial charge in [0.25, 0.3) is 0 Å². The van der Waals surface area contributed by atoms with Crippen LogP contribution in [0.15, 0.2) is 42.5 Å². The molecule has 0 spiro atoms. The van der Waals surface area contributed by atoms with Crippen LogP contribution in [0, 0.1) is 13.8 Å². The first-order valence-electron chi connectivity index (χ1n) is 6.79. The zero-order valence-corrected chi connectivity index (χ0v) is 12.4. The maximum atomic E-state index is 11.8. The molecular weight excluding hydrogens is 282 g/mol. The van der Waals surface area contributed by atoms with Crippen LogP contribution in [0.1, 0.15) is 27.0 Å². The first kappa shape index (κ1) is 15.6. The SMILES string of the molecule is Cc1cc(C(=O)O)c(C)cc1NC(=O)OCc1ccccc1. The van der Waals surface area contributed by atoms with Crippen LogP contribution in [0.5, 0.6) is 0 Å². The summed E-state index contributed by atoms with van der Waals surface area (Å²) in [6, 6.07) is 12.5. The fourth-order valence-corrected chi connectivity index (χ4v) is 2.05. The lowest BCUT2D eigenvalue weighted by atomic mass is 10.0. The smallest absolute Gasteiger partial charge is 0.411 e. The average molecular weight is 299 g/mol. The van der Waals surface area contributed by atoms with Crippen LogP contribution in [-0.4, -0.2) is 17.2 Å². The van der Waals surface area contributed by atoms with Crippen molar-refractivity contribution in [3.05, 3.63) is 64.7 Å². The van der Waals surface area contributed by atoms with E-state index in [9.17, 15) is 9.59 Å². The number of carboxylic acid groups (broad SMARTS) is 1. The first-order valence-corrected chi connectivity index (χ1v) is 6.79. The molecule has 0 aliphatic heterocycles. The number of rotatable bonds is 4. The summed E-state index contributed by atoms with van der Waals surface area (Å²) in [5.41, 5.74) is 2.91. The lowest BCUT2D eigenvalue weighted by Crippen LogP contribution is -2.15. The number of anilines is 1. The van der Waals surface area contributed by atoms with E-state index >= 15 is 0 Å². The molecule has 0 aromatic heterocycles. The Balaban J connectivity index is 2.02. The minimum Gasteiger partial charge on any atom is -0.478 e. The summed E-state index contributed by atoms with van der Waals surface area (Å²) in [6.07, 6.45) is -0.575. The summed E-state index contributed by atoms with van der Waals surface area (Å²) in [5.74, 6) is -0.987. The van der Waals surface area contributed by atoms with E-state index in [-0.39, 0.29) is 12.2 Å². The van der Waals surface area contributed by atoms with Gasteiger partial charge in [-0.15, -0.1) is 0 Å². The topological polar surface area (TPSA) is 75.6 Å². The predicted molar refractivity (Wildman–Crippen MR) is 83.1 cm³/mol. The molecule has 0 atom stereocenters. The van der Waals surface area contributed by atoms with E-state index in [1.165, 1.54) is 6.07 Å². The molecule has 5 nitrogen and oxygen atoms in total. The van der Waals surface area contributed by atoms with Crippen LogP contribution in [0.3, 0.4) is 0 Å². The van der Waals surface area contributed by atoms with Gasteiger partial charge in [-0.2, -0.15) is 0 Å². The van der Waals surface area contributed by atoms with E-state index in [1.807, 2.05) is 30.3 Å². The van der Waals surface area contributed by atoms with Crippen molar-refractivity contribution >= 4 is 17.7 Å². The quantitative estimate of drug-likeness (QED) is 0.901. The Morgan fingerprint density at radius 2 is 1.77 bits per heavy atom. The summed E-state index contributed by atoms with van der Waals surface area (Å²) in [6.45, 7) is 3.60. The van der Waals surface area contributed by atoms with Gasteiger partial charge in [-0.3, -0.25) is 5.32 Å². The number of hydrogen-bond donors (Lipinski definition) is 2. The first-order chi connectivity index (χ1) is 10.5. The molecule has 0 aliphatic carbocycles. The molecule has 2 rings (SSSR count). The van der Waals surface area contributed by atoms with Crippen LogP contribution in [-0.2, 0) is 11.3 Å². The van der Waals surface area contributed by atoms with Crippen LogP contribution < -0.4 is 5.32 Å². The van der Waals surface area contributed by atoms with Gasteiger partial charge in [0.15, 0.2) is 0 Å². The number of aromatic carboxylic acids is 1. The fraction of sp³-hybridized carbons (Fsp3) is 0.176. The highest BCUT2D eigenvalue weighted by Gasteiger charge is 2.12. The monoisotopic (exact) mass is 299 g/mol. The summed E-state index contributed by atoms with van der Waals surface area (Å²) < 4.78 is 5.14. The molecule has 0 radical (unpaired) electrons. The van der Waals surface area contributed by atoms with Crippen molar-refractivity contribution in [1.82, 2.24) is 0 Å².